The quantitative estimate of drug-likeness (QED) is 0.795. The molecule has 0 aliphatic carbocycles. The van der Waals surface area contributed by atoms with E-state index in [2.05, 4.69) is 22.2 Å². The van der Waals surface area contributed by atoms with Gasteiger partial charge in [0, 0.05) is 20.1 Å². The summed E-state index contributed by atoms with van der Waals surface area (Å²) >= 11 is 0. The van der Waals surface area contributed by atoms with Crippen LogP contribution >= 0.6 is 0 Å². The van der Waals surface area contributed by atoms with Crippen molar-refractivity contribution in [1.29, 1.82) is 0 Å². The first-order valence-corrected chi connectivity index (χ1v) is 7.16. The molecule has 2 aromatic rings. The van der Waals surface area contributed by atoms with Gasteiger partial charge >= 0.3 is 0 Å². The van der Waals surface area contributed by atoms with Gasteiger partial charge in [0.1, 0.15) is 11.6 Å². The van der Waals surface area contributed by atoms with E-state index in [-0.39, 0.29) is 5.82 Å². The lowest BCUT2D eigenvalue weighted by molar-refractivity contribution is 0.627. The molecule has 1 heterocycles. The molecule has 0 radical (unpaired) electrons. The lowest BCUT2D eigenvalue weighted by Crippen LogP contribution is -2.19. The van der Waals surface area contributed by atoms with Crippen LogP contribution in [0.1, 0.15) is 24.6 Å². The van der Waals surface area contributed by atoms with Gasteiger partial charge < -0.3 is 10.2 Å². The van der Waals surface area contributed by atoms with Gasteiger partial charge in [-0.2, -0.15) is 0 Å². The van der Waals surface area contributed by atoms with Crippen LogP contribution in [0.4, 0.5) is 10.2 Å². The highest BCUT2D eigenvalue weighted by Gasteiger charge is 2.05. The summed E-state index contributed by atoms with van der Waals surface area (Å²) in [6.45, 7) is 4.52. The molecule has 2 rings (SSSR count). The Morgan fingerprint density at radius 2 is 1.90 bits per heavy atom. The fourth-order valence-corrected chi connectivity index (χ4v) is 1.97. The van der Waals surface area contributed by atoms with Gasteiger partial charge in [-0.3, -0.25) is 4.98 Å². The molecule has 0 spiro atoms. The van der Waals surface area contributed by atoms with E-state index in [0.717, 1.165) is 36.6 Å². The minimum Gasteiger partial charge on any atom is -0.354 e. The number of nitrogens with one attached hydrogen (secondary N) is 1. The maximum absolute atomic E-state index is 12.9. The Kier molecular flexibility index (Phi) is 5.63. The molecular formula is C16H21FN4. The third-order valence-corrected chi connectivity index (χ3v) is 3.15. The monoisotopic (exact) mass is 288 g/mol. The van der Waals surface area contributed by atoms with E-state index in [1.165, 1.54) is 12.1 Å². The number of aromatic nitrogens is 2. The van der Waals surface area contributed by atoms with E-state index in [0.29, 0.717) is 6.54 Å². The second-order valence-corrected chi connectivity index (χ2v) is 5.03. The fraction of sp³-hybridized carbons (Fsp3) is 0.375. The van der Waals surface area contributed by atoms with E-state index in [1.54, 1.807) is 24.5 Å². The summed E-state index contributed by atoms with van der Waals surface area (Å²) in [5, 5.41) is 3.29. The first-order chi connectivity index (χ1) is 10.2. The zero-order valence-electron chi connectivity index (χ0n) is 12.5. The molecule has 112 valence electrons. The van der Waals surface area contributed by atoms with Crippen molar-refractivity contribution in [3.05, 3.63) is 53.7 Å². The highest BCUT2D eigenvalue weighted by atomic mass is 19.1. The molecule has 0 fully saturated rings. The van der Waals surface area contributed by atoms with Crippen molar-refractivity contribution in [3.8, 4) is 0 Å². The maximum atomic E-state index is 12.9. The third kappa shape index (κ3) is 4.79. The summed E-state index contributed by atoms with van der Waals surface area (Å²) in [7, 11) is 1.95. The number of hydrogen-bond acceptors (Lipinski definition) is 4. The maximum Gasteiger partial charge on any atom is 0.147 e. The van der Waals surface area contributed by atoms with Gasteiger partial charge in [-0.05, 0) is 30.7 Å². The summed E-state index contributed by atoms with van der Waals surface area (Å²) in [6.07, 6.45) is 4.66. The second-order valence-electron chi connectivity index (χ2n) is 5.03. The number of hydrogen-bond donors (Lipinski definition) is 1. The topological polar surface area (TPSA) is 41.1 Å². The van der Waals surface area contributed by atoms with Crippen molar-refractivity contribution >= 4 is 5.82 Å². The van der Waals surface area contributed by atoms with Crippen LogP contribution in [0.25, 0.3) is 0 Å². The third-order valence-electron chi connectivity index (χ3n) is 3.15. The molecule has 1 aromatic carbocycles. The van der Waals surface area contributed by atoms with Crippen LogP contribution in [0, 0.1) is 5.82 Å². The minimum absolute atomic E-state index is 0.217. The van der Waals surface area contributed by atoms with Crippen molar-refractivity contribution in [2.45, 2.75) is 26.4 Å². The minimum atomic E-state index is -0.217. The molecule has 5 heteroatoms. The van der Waals surface area contributed by atoms with Crippen molar-refractivity contribution in [1.82, 2.24) is 15.3 Å². The lowest BCUT2D eigenvalue weighted by Gasteiger charge is -2.18. The summed E-state index contributed by atoms with van der Waals surface area (Å²) in [4.78, 5) is 10.8. The molecule has 0 saturated heterocycles. The summed E-state index contributed by atoms with van der Waals surface area (Å²) < 4.78 is 12.9. The first kappa shape index (κ1) is 15.4. The number of anilines is 1. The Bertz CT molecular complexity index is 539. The molecule has 1 N–H and O–H groups in total. The number of halogens is 1. The Morgan fingerprint density at radius 3 is 2.52 bits per heavy atom. The highest BCUT2D eigenvalue weighted by Crippen LogP contribution is 2.12. The van der Waals surface area contributed by atoms with E-state index >= 15 is 0 Å². The molecule has 0 amide bonds. The van der Waals surface area contributed by atoms with Gasteiger partial charge in [0.2, 0.25) is 0 Å². The Hall–Kier alpha value is -2.01. The fourth-order valence-electron chi connectivity index (χ4n) is 1.97. The molecular weight excluding hydrogens is 267 g/mol. The Labute approximate surface area is 125 Å². The molecule has 0 atom stereocenters. The van der Waals surface area contributed by atoms with Crippen molar-refractivity contribution in [3.63, 3.8) is 0 Å². The first-order valence-electron chi connectivity index (χ1n) is 7.16. The van der Waals surface area contributed by atoms with Crippen molar-refractivity contribution < 1.29 is 4.39 Å². The lowest BCUT2D eigenvalue weighted by atomic mass is 10.2. The SMILES string of the molecule is CCCNCc1cnc(N(C)Cc2ccc(F)cc2)cn1. The summed E-state index contributed by atoms with van der Waals surface area (Å²) in [5.74, 6) is 0.587. The molecule has 0 unspecified atom stereocenters. The predicted molar refractivity (Wildman–Crippen MR) is 82.5 cm³/mol. The largest absolute Gasteiger partial charge is 0.354 e. The molecule has 0 aliphatic rings. The van der Waals surface area contributed by atoms with Gasteiger partial charge in [-0.15, -0.1) is 0 Å². The average molecular weight is 288 g/mol. The Balaban J connectivity index is 1.93. The second kappa shape index (κ2) is 7.69. The molecule has 0 saturated carbocycles. The van der Waals surface area contributed by atoms with Gasteiger partial charge in [-0.25, -0.2) is 9.37 Å². The van der Waals surface area contributed by atoms with Crippen LogP contribution in [-0.4, -0.2) is 23.6 Å². The average Bonchev–Trinajstić information content (AvgIpc) is 2.50. The normalized spacial score (nSPS) is 10.6. The smallest absolute Gasteiger partial charge is 0.147 e. The van der Waals surface area contributed by atoms with Crippen LogP contribution < -0.4 is 10.2 Å². The van der Waals surface area contributed by atoms with Crippen LogP contribution in [0.15, 0.2) is 36.7 Å². The van der Waals surface area contributed by atoms with E-state index < -0.39 is 0 Å². The van der Waals surface area contributed by atoms with E-state index in [9.17, 15) is 4.39 Å². The van der Waals surface area contributed by atoms with Gasteiger partial charge in [-0.1, -0.05) is 19.1 Å². The number of benzene rings is 1. The standard InChI is InChI=1S/C16H21FN4/c1-3-8-18-9-15-10-20-16(11-19-15)21(2)12-13-4-6-14(17)7-5-13/h4-7,10-11,18H,3,8-9,12H2,1-2H3. The van der Waals surface area contributed by atoms with Crippen LogP contribution in [0.2, 0.25) is 0 Å². The highest BCUT2D eigenvalue weighted by molar-refractivity contribution is 5.36. The van der Waals surface area contributed by atoms with Crippen LogP contribution in [-0.2, 0) is 13.1 Å². The molecule has 0 aliphatic heterocycles. The van der Waals surface area contributed by atoms with E-state index in [1.807, 2.05) is 11.9 Å². The van der Waals surface area contributed by atoms with Crippen molar-refractivity contribution in [2.75, 3.05) is 18.5 Å². The molecule has 21 heavy (non-hydrogen) atoms. The van der Waals surface area contributed by atoms with E-state index in [4.69, 9.17) is 0 Å². The molecule has 0 bridgehead atoms. The van der Waals surface area contributed by atoms with Gasteiger partial charge in [0.15, 0.2) is 0 Å². The van der Waals surface area contributed by atoms with Crippen molar-refractivity contribution in [2.24, 2.45) is 0 Å². The molecule has 4 nitrogen and oxygen atoms in total. The summed E-state index contributed by atoms with van der Waals surface area (Å²) in [5.41, 5.74) is 1.97. The zero-order chi connectivity index (χ0) is 15.1. The zero-order valence-corrected chi connectivity index (χ0v) is 12.5. The predicted octanol–water partition coefficient (Wildman–Crippen LogP) is 2.75. The number of nitrogens with zero attached hydrogens (tertiary/aromatic N) is 3. The summed E-state index contributed by atoms with van der Waals surface area (Å²) in [6, 6.07) is 6.50. The van der Waals surface area contributed by atoms with Gasteiger partial charge in [0.05, 0.1) is 18.1 Å². The Morgan fingerprint density at radius 1 is 1.14 bits per heavy atom. The van der Waals surface area contributed by atoms with Crippen LogP contribution in [0.5, 0.6) is 0 Å². The molecule has 1 aromatic heterocycles. The number of rotatable bonds is 7. The van der Waals surface area contributed by atoms with Crippen LogP contribution in [0.3, 0.4) is 0 Å². The van der Waals surface area contributed by atoms with Gasteiger partial charge in [0.25, 0.3) is 0 Å².